The molecule has 1 atom stereocenters. The Morgan fingerprint density at radius 2 is 2.04 bits per heavy atom. The Bertz CT molecular complexity index is 752. The predicted octanol–water partition coefficient (Wildman–Crippen LogP) is 0.740. The lowest BCUT2D eigenvalue weighted by Crippen LogP contribution is -2.44. The largest absolute Gasteiger partial charge is 0.496 e. The van der Waals surface area contributed by atoms with Gasteiger partial charge in [0.05, 0.1) is 12.4 Å². The quantitative estimate of drug-likeness (QED) is 0.783. The van der Waals surface area contributed by atoms with Crippen LogP contribution in [0.4, 0.5) is 0 Å². The maximum atomic E-state index is 12.8. The van der Waals surface area contributed by atoms with Crippen LogP contribution in [0.2, 0.25) is 0 Å². The predicted molar refractivity (Wildman–Crippen MR) is 99.7 cm³/mol. The number of nitrogens with one attached hydrogen (secondary N) is 1. The van der Waals surface area contributed by atoms with Crippen molar-refractivity contribution in [1.82, 2.24) is 10.2 Å². The number of carbonyl (C=O) groups excluding carboxylic acids is 1. The normalized spacial score (nSPS) is 21.8. The molecule has 2 fully saturated rings. The van der Waals surface area contributed by atoms with E-state index < -0.39 is 15.3 Å². The van der Waals surface area contributed by atoms with E-state index in [1.807, 2.05) is 12.1 Å². The van der Waals surface area contributed by atoms with Gasteiger partial charge in [-0.1, -0.05) is 0 Å². The number of ether oxygens (including phenoxy) is 1. The van der Waals surface area contributed by atoms with Crippen LogP contribution in [-0.4, -0.2) is 57.8 Å². The molecule has 0 radical (unpaired) electrons. The van der Waals surface area contributed by atoms with Gasteiger partial charge in [-0.05, 0) is 68.5 Å². The van der Waals surface area contributed by atoms with Crippen LogP contribution in [-0.2, 0) is 16.4 Å². The zero-order chi connectivity index (χ0) is 18.7. The minimum Gasteiger partial charge on any atom is -0.496 e. The Balaban J connectivity index is 1.71. The first-order valence-corrected chi connectivity index (χ1v) is 10.7. The highest BCUT2D eigenvalue weighted by Crippen LogP contribution is 2.26. The van der Waals surface area contributed by atoms with Crippen LogP contribution in [0.3, 0.4) is 0 Å². The molecule has 0 aromatic heterocycles. The van der Waals surface area contributed by atoms with E-state index in [9.17, 15) is 13.2 Å². The molecular weight excluding hydrogens is 354 g/mol. The van der Waals surface area contributed by atoms with Crippen molar-refractivity contribution < 1.29 is 17.9 Å². The lowest BCUT2D eigenvalue weighted by atomic mass is 9.96. The molecule has 8 heteroatoms. The highest BCUT2D eigenvalue weighted by atomic mass is 32.2. The van der Waals surface area contributed by atoms with E-state index in [0.29, 0.717) is 37.4 Å². The van der Waals surface area contributed by atoms with Crippen LogP contribution in [0.1, 0.15) is 35.2 Å². The Morgan fingerprint density at radius 1 is 1.31 bits per heavy atom. The molecule has 0 saturated carbocycles. The van der Waals surface area contributed by atoms with Crippen LogP contribution in [0.15, 0.2) is 18.2 Å². The third-order valence-corrected chi connectivity index (χ3v) is 6.79. The number of hydrogen-bond donors (Lipinski definition) is 2. The summed E-state index contributed by atoms with van der Waals surface area (Å²) in [4.78, 5) is 14.5. The van der Waals surface area contributed by atoms with Crippen LogP contribution < -0.4 is 15.2 Å². The summed E-state index contributed by atoms with van der Waals surface area (Å²) in [7, 11) is -1.89. The molecule has 26 heavy (non-hydrogen) atoms. The van der Waals surface area contributed by atoms with Crippen LogP contribution >= 0.6 is 0 Å². The fourth-order valence-electron chi connectivity index (χ4n) is 3.84. The topological polar surface area (TPSA) is 102 Å². The SMILES string of the molecule is COc1ccc(C(=O)N2CCC(S(N)(=O)=O)CC2)cc1CC1CCNC1. The van der Waals surface area contributed by atoms with Gasteiger partial charge in [0, 0.05) is 18.7 Å². The number of methoxy groups -OCH3 is 1. The summed E-state index contributed by atoms with van der Waals surface area (Å²) in [6, 6.07) is 5.55. The maximum absolute atomic E-state index is 12.8. The smallest absolute Gasteiger partial charge is 0.253 e. The van der Waals surface area contributed by atoms with Crippen molar-refractivity contribution in [3.63, 3.8) is 0 Å². The third kappa shape index (κ3) is 4.36. The van der Waals surface area contributed by atoms with Gasteiger partial charge in [0.1, 0.15) is 5.75 Å². The maximum Gasteiger partial charge on any atom is 0.253 e. The van der Waals surface area contributed by atoms with Crippen LogP contribution in [0.25, 0.3) is 0 Å². The summed E-state index contributed by atoms with van der Waals surface area (Å²) < 4.78 is 28.4. The Morgan fingerprint density at radius 3 is 2.62 bits per heavy atom. The monoisotopic (exact) mass is 381 g/mol. The minimum absolute atomic E-state index is 0.0636. The van der Waals surface area contributed by atoms with Gasteiger partial charge in [-0.3, -0.25) is 4.79 Å². The third-order valence-electron chi connectivity index (χ3n) is 5.39. The molecule has 1 unspecified atom stereocenters. The van der Waals surface area contributed by atoms with E-state index in [1.54, 1.807) is 18.1 Å². The second kappa shape index (κ2) is 7.94. The van der Waals surface area contributed by atoms with Crippen LogP contribution in [0, 0.1) is 5.92 Å². The van der Waals surface area contributed by atoms with E-state index in [1.165, 1.54) is 0 Å². The number of likely N-dealkylation sites (tertiary alicyclic amines) is 1. The number of piperidine rings is 1. The van der Waals surface area contributed by atoms with Gasteiger partial charge in [-0.2, -0.15) is 0 Å². The van der Waals surface area contributed by atoms with Crippen molar-refractivity contribution in [3.8, 4) is 5.75 Å². The fraction of sp³-hybridized carbons (Fsp3) is 0.611. The van der Waals surface area contributed by atoms with E-state index in [0.717, 1.165) is 37.2 Å². The number of benzene rings is 1. The Kier molecular flexibility index (Phi) is 5.84. The van der Waals surface area contributed by atoms with Gasteiger partial charge in [-0.25, -0.2) is 13.6 Å². The van der Waals surface area contributed by atoms with Crippen molar-refractivity contribution in [2.45, 2.75) is 30.9 Å². The first-order chi connectivity index (χ1) is 12.4. The van der Waals surface area contributed by atoms with E-state index in [-0.39, 0.29) is 5.91 Å². The van der Waals surface area contributed by atoms with Crippen molar-refractivity contribution in [1.29, 1.82) is 0 Å². The molecule has 2 aliphatic heterocycles. The molecule has 1 amide bonds. The minimum atomic E-state index is -3.53. The molecule has 2 heterocycles. The van der Waals surface area contributed by atoms with E-state index in [4.69, 9.17) is 9.88 Å². The molecule has 0 aliphatic carbocycles. The summed E-state index contributed by atoms with van der Waals surface area (Å²) in [6.45, 7) is 2.84. The molecule has 0 spiro atoms. The van der Waals surface area contributed by atoms with E-state index >= 15 is 0 Å². The van der Waals surface area contributed by atoms with Crippen molar-refractivity contribution >= 4 is 15.9 Å². The van der Waals surface area contributed by atoms with Crippen molar-refractivity contribution in [2.75, 3.05) is 33.3 Å². The average Bonchev–Trinajstić information content (AvgIpc) is 3.13. The molecule has 2 saturated heterocycles. The molecule has 3 rings (SSSR count). The molecule has 1 aromatic rings. The summed E-state index contributed by atoms with van der Waals surface area (Å²) >= 11 is 0. The molecule has 1 aromatic carbocycles. The van der Waals surface area contributed by atoms with E-state index in [2.05, 4.69) is 5.32 Å². The number of primary sulfonamides is 1. The highest BCUT2D eigenvalue weighted by molar-refractivity contribution is 7.89. The average molecular weight is 381 g/mol. The number of nitrogens with zero attached hydrogens (tertiary/aromatic N) is 1. The number of hydrogen-bond acceptors (Lipinski definition) is 5. The zero-order valence-electron chi connectivity index (χ0n) is 15.1. The second-order valence-corrected chi connectivity index (χ2v) is 9.01. The number of rotatable bonds is 5. The first kappa shape index (κ1) is 19.1. The molecule has 2 aliphatic rings. The van der Waals surface area contributed by atoms with Gasteiger partial charge >= 0.3 is 0 Å². The molecule has 3 N–H and O–H groups in total. The Hall–Kier alpha value is -1.64. The number of nitrogens with two attached hydrogens (primary N) is 1. The van der Waals surface area contributed by atoms with Gasteiger partial charge in [-0.15, -0.1) is 0 Å². The van der Waals surface area contributed by atoms with Gasteiger partial charge in [0.25, 0.3) is 5.91 Å². The second-order valence-electron chi connectivity index (χ2n) is 7.17. The number of carbonyl (C=O) groups is 1. The van der Waals surface area contributed by atoms with Gasteiger partial charge < -0.3 is 15.0 Å². The zero-order valence-corrected chi connectivity index (χ0v) is 15.9. The molecule has 144 valence electrons. The summed E-state index contributed by atoms with van der Waals surface area (Å²) in [5, 5.41) is 8.03. The number of sulfonamides is 1. The first-order valence-electron chi connectivity index (χ1n) is 9.07. The summed E-state index contributed by atoms with van der Waals surface area (Å²) in [5.74, 6) is 1.30. The van der Waals surface area contributed by atoms with Gasteiger partial charge in [0.2, 0.25) is 10.0 Å². The lowest BCUT2D eigenvalue weighted by molar-refractivity contribution is 0.0725. The Labute approximate surface area is 154 Å². The van der Waals surface area contributed by atoms with Crippen LogP contribution in [0.5, 0.6) is 5.75 Å². The standard InChI is InChI=1S/C18H27N3O4S/c1-25-17-3-2-14(11-15(17)10-13-4-7-20-12-13)18(22)21-8-5-16(6-9-21)26(19,23)24/h2-3,11,13,16,20H,4-10,12H2,1H3,(H2,19,23,24). The van der Waals surface area contributed by atoms with Crippen molar-refractivity contribution in [2.24, 2.45) is 11.1 Å². The van der Waals surface area contributed by atoms with Gasteiger partial charge in [0.15, 0.2) is 0 Å². The summed E-state index contributed by atoms with van der Waals surface area (Å²) in [5.41, 5.74) is 1.67. The fourth-order valence-corrected chi connectivity index (χ4v) is 4.71. The van der Waals surface area contributed by atoms with Crippen molar-refractivity contribution in [3.05, 3.63) is 29.3 Å². The molecule has 7 nitrogen and oxygen atoms in total. The summed E-state index contributed by atoms with van der Waals surface area (Å²) in [6.07, 6.45) is 2.79. The lowest BCUT2D eigenvalue weighted by Gasteiger charge is -2.31. The molecule has 0 bridgehead atoms. The highest BCUT2D eigenvalue weighted by Gasteiger charge is 2.30. The molecular formula is C18H27N3O4S. The number of amides is 1.